The van der Waals surface area contributed by atoms with Crippen LogP contribution in [0.1, 0.15) is 51.9 Å². The average molecular weight is 485 g/mol. The van der Waals surface area contributed by atoms with Crippen molar-refractivity contribution in [2.24, 2.45) is 0 Å². The molecule has 2 heterocycles. The minimum Gasteiger partial charge on any atom is -0.394 e. The van der Waals surface area contributed by atoms with Gasteiger partial charge in [-0.25, -0.2) is 0 Å². The zero-order valence-corrected chi connectivity index (χ0v) is 19.4. The zero-order chi connectivity index (χ0) is 23.7. The molecule has 0 aromatic rings. The van der Waals surface area contributed by atoms with Crippen molar-refractivity contribution in [3.8, 4) is 0 Å². The van der Waals surface area contributed by atoms with Gasteiger partial charge in [0.15, 0.2) is 6.29 Å². The van der Waals surface area contributed by atoms with E-state index in [1.165, 1.54) is 37.4 Å². The van der Waals surface area contributed by atoms with Gasteiger partial charge in [0.05, 0.1) is 13.2 Å². The molecule has 2 fully saturated rings. The van der Waals surface area contributed by atoms with Crippen LogP contribution in [-0.4, -0.2) is 115 Å². The Morgan fingerprint density at radius 1 is 0.688 bits per heavy atom. The smallest absolute Gasteiger partial charge is 0.187 e. The van der Waals surface area contributed by atoms with Gasteiger partial charge in [0.25, 0.3) is 0 Å². The van der Waals surface area contributed by atoms with Crippen molar-refractivity contribution in [2.75, 3.05) is 19.0 Å². The molecule has 11 heteroatoms. The van der Waals surface area contributed by atoms with E-state index in [1.54, 1.807) is 0 Å². The molecular weight excluding hydrogens is 444 g/mol. The summed E-state index contributed by atoms with van der Waals surface area (Å²) in [5, 5.41) is 70.1. The lowest BCUT2D eigenvalue weighted by Crippen LogP contribution is -2.64. The van der Waals surface area contributed by atoms with E-state index in [2.05, 4.69) is 6.92 Å². The molecule has 2 aliphatic heterocycles. The molecule has 0 spiro atoms. The molecule has 0 aliphatic carbocycles. The SMILES string of the molecule is CCCCCCCCCS[C@@H]1OC(CO)[C@H](O[C@@H]2OC(CO)[C@H](O)[C@H](O)C2O)[C@H](O)C1O. The van der Waals surface area contributed by atoms with E-state index in [1.807, 2.05) is 0 Å². The van der Waals surface area contributed by atoms with E-state index in [-0.39, 0.29) is 0 Å². The Labute approximate surface area is 193 Å². The van der Waals surface area contributed by atoms with Gasteiger partial charge in [-0.2, -0.15) is 0 Å². The number of aliphatic hydroxyl groups excluding tert-OH is 7. The second kappa shape index (κ2) is 14.4. The normalized spacial score (nSPS) is 40.5. The summed E-state index contributed by atoms with van der Waals surface area (Å²) in [6.45, 7) is 1.04. The molecule has 0 bridgehead atoms. The van der Waals surface area contributed by atoms with Crippen LogP contribution in [0.5, 0.6) is 0 Å². The summed E-state index contributed by atoms with van der Waals surface area (Å²) >= 11 is 1.36. The highest BCUT2D eigenvalue weighted by Crippen LogP contribution is 2.33. The van der Waals surface area contributed by atoms with Gasteiger partial charge in [0, 0.05) is 0 Å². The van der Waals surface area contributed by atoms with Gasteiger partial charge in [-0.3, -0.25) is 0 Å². The van der Waals surface area contributed by atoms with Crippen LogP contribution < -0.4 is 0 Å². The van der Waals surface area contributed by atoms with E-state index in [9.17, 15) is 35.7 Å². The number of unbranched alkanes of at least 4 members (excludes halogenated alkanes) is 6. The second-order valence-electron chi connectivity index (χ2n) is 8.50. The molecular formula is C21H40O10S. The molecule has 7 N–H and O–H groups in total. The van der Waals surface area contributed by atoms with Gasteiger partial charge in [0.2, 0.25) is 0 Å². The molecule has 4 unspecified atom stereocenters. The van der Waals surface area contributed by atoms with Gasteiger partial charge in [-0.1, -0.05) is 45.4 Å². The lowest BCUT2D eigenvalue weighted by atomic mass is 9.97. The Morgan fingerprint density at radius 3 is 1.94 bits per heavy atom. The number of hydrogen-bond donors (Lipinski definition) is 7. The Hall–Kier alpha value is -0.0500. The topological polar surface area (TPSA) is 169 Å². The van der Waals surface area contributed by atoms with Crippen molar-refractivity contribution in [1.82, 2.24) is 0 Å². The van der Waals surface area contributed by atoms with Gasteiger partial charge >= 0.3 is 0 Å². The van der Waals surface area contributed by atoms with Crippen LogP contribution >= 0.6 is 11.8 Å². The van der Waals surface area contributed by atoms with Crippen molar-refractivity contribution in [2.45, 2.75) is 112 Å². The highest BCUT2D eigenvalue weighted by Gasteiger charge is 2.50. The minimum absolute atomic E-state index is 0.514. The van der Waals surface area contributed by atoms with Crippen LogP contribution in [0.15, 0.2) is 0 Å². The fourth-order valence-electron chi connectivity index (χ4n) is 3.95. The molecule has 0 radical (unpaired) electrons. The summed E-state index contributed by atoms with van der Waals surface area (Å²) < 4.78 is 16.6. The van der Waals surface area contributed by atoms with Crippen molar-refractivity contribution >= 4 is 11.8 Å². The lowest BCUT2D eigenvalue weighted by Gasteiger charge is -2.46. The van der Waals surface area contributed by atoms with Gasteiger partial charge in [0.1, 0.15) is 54.3 Å². The Kier molecular flexibility index (Phi) is 12.7. The van der Waals surface area contributed by atoms with Gasteiger partial charge < -0.3 is 50.0 Å². The van der Waals surface area contributed by atoms with Crippen LogP contribution in [0.25, 0.3) is 0 Å². The maximum absolute atomic E-state index is 10.6. The summed E-state index contributed by atoms with van der Waals surface area (Å²) in [6, 6.07) is 0. The van der Waals surface area contributed by atoms with E-state index < -0.39 is 73.8 Å². The number of rotatable bonds is 13. The average Bonchev–Trinajstić information content (AvgIpc) is 2.79. The molecule has 10 nitrogen and oxygen atoms in total. The molecule has 0 saturated carbocycles. The summed E-state index contributed by atoms with van der Waals surface area (Å²) in [4.78, 5) is 0. The first-order valence-electron chi connectivity index (χ1n) is 11.6. The maximum atomic E-state index is 10.6. The largest absolute Gasteiger partial charge is 0.394 e. The van der Waals surface area contributed by atoms with Crippen molar-refractivity contribution in [3.63, 3.8) is 0 Å². The predicted molar refractivity (Wildman–Crippen MR) is 117 cm³/mol. The first-order valence-corrected chi connectivity index (χ1v) is 12.6. The standard InChI is InChI=1S/C21H40O10S/c1-2-3-4-5-6-7-8-9-32-21-18(28)16(26)19(13(11-23)30-21)31-20-17(27)15(25)14(24)12(10-22)29-20/h12-28H,2-11H2,1H3/t12?,13?,14-,15-,16+,17?,18?,19-,20-,21-/m0/s1. The molecule has 10 atom stereocenters. The van der Waals surface area contributed by atoms with Gasteiger partial charge in [-0.15, -0.1) is 11.8 Å². The van der Waals surface area contributed by atoms with Crippen LogP contribution in [0.4, 0.5) is 0 Å². The highest BCUT2D eigenvalue weighted by molar-refractivity contribution is 7.99. The van der Waals surface area contributed by atoms with E-state index in [4.69, 9.17) is 14.2 Å². The number of thioether (sulfide) groups is 1. The molecule has 2 aliphatic rings. The summed E-state index contributed by atoms with van der Waals surface area (Å²) in [5.41, 5.74) is -0.753. The second-order valence-corrected chi connectivity index (χ2v) is 9.70. The number of ether oxygens (including phenoxy) is 3. The van der Waals surface area contributed by atoms with Gasteiger partial charge in [-0.05, 0) is 12.2 Å². The van der Waals surface area contributed by atoms with Crippen molar-refractivity contribution in [1.29, 1.82) is 0 Å². The summed E-state index contributed by atoms with van der Waals surface area (Å²) in [5.74, 6) is 0.735. The number of hydrogen-bond acceptors (Lipinski definition) is 11. The Balaban J connectivity index is 1.86. The molecule has 0 aromatic heterocycles. The van der Waals surface area contributed by atoms with E-state index >= 15 is 0 Å². The minimum atomic E-state index is -1.67. The molecule has 0 amide bonds. The number of aliphatic hydroxyl groups is 7. The quantitative estimate of drug-likeness (QED) is 0.162. The Morgan fingerprint density at radius 2 is 1.31 bits per heavy atom. The third-order valence-electron chi connectivity index (χ3n) is 5.99. The Bertz CT molecular complexity index is 511. The first kappa shape index (κ1) is 28.2. The van der Waals surface area contributed by atoms with Crippen LogP contribution in [0, 0.1) is 0 Å². The first-order chi connectivity index (χ1) is 15.3. The third-order valence-corrected chi connectivity index (χ3v) is 7.23. The third kappa shape index (κ3) is 7.47. The van der Waals surface area contributed by atoms with Crippen LogP contribution in [-0.2, 0) is 14.2 Å². The lowest BCUT2D eigenvalue weighted by molar-refractivity contribution is -0.338. The maximum Gasteiger partial charge on any atom is 0.187 e. The fourth-order valence-corrected chi connectivity index (χ4v) is 5.13. The van der Waals surface area contributed by atoms with Crippen molar-refractivity contribution < 1.29 is 50.0 Å². The monoisotopic (exact) mass is 484 g/mol. The van der Waals surface area contributed by atoms with E-state index in [0.717, 1.165) is 25.0 Å². The zero-order valence-electron chi connectivity index (χ0n) is 18.6. The van der Waals surface area contributed by atoms with Crippen LogP contribution in [0.3, 0.4) is 0 Å². The summed E-state index contributed by atoms with van der Waals surface area (Å²) in [6.07, 6.45) is -4.45. The molecule has 2 saturated heterocycles. The van der Waals surface area contributed by atoms with E-state index in [0.29, 0.717) is 0 Å². The summed E-state index contributed by atoms with van der Waals surface area (Å²) in [7, 11) is 0. The predicted octanol–water partition coefficient (Wildman–Crippen LogP) is -0.906. The van der Waals surface area contributed by atoms with Crippen LogP contribution in [0.2, 0.25) is 0 Å². The molecule has 0 aromatic carbocycles. The highest BCUT2D eigenvalue weighted by atomic mass is 32.2. The molecule has 190 valence electrons. The molecule has 2 rings (SSSR count). The fraction of sp³-hybridized carbons (Fsp3) is 1.00. The molecule has 32 heavy (non-hydrogen) atoms. The van der Waals surface area contributed by atoms with Crippen molar-refractivity contribution in [3.05, 3.63) is 0 Å².